The highest BCUT2D eigenvalue weighted by molar-refractivity contribution is 5.18. The molecular formula is C10H16N2. The molecule has 2 nitrogen and oxygen atoms in total. The molecule has 1 rings (SSSR count). The molecule has 0 spiro atoms. The number of rotatable bonds is 4. The molecule has 0 fully saturated rings. The van der Waals surface area contributed by atoms with E-state index in [-0.39, 0.29) is 0 Å². The Morgan fingerprint density at radius 3 is 2.50 bits per heavy atom. The van der Waals surface area contributed by atoms with Crippen LogP contribution in [0.4, 0.5) is 0 Å². The molecule has 1 aromatic carbocycles. The van der Waals surface area contributed by atoms with Crippen molar-refractivity contribution >= 4 is 0 Å². The summed E-state index contributed by atoms with van der Waals surface area (Å²) in [6.07, 6.45) is 0. The smallest absolute Gasteiger partial charge is 0.0444 e. The zero-order chi connectivity index (χ0) is 8.81. The van der Waals surface area contributed by atoms with Crippen LogP contribution in [0.25, 0.3) is 0 Å². The molecular weight excluding hydrogens is 148 g/mol. The Balaban J connectivity index is 2.66. The minimum atomic E-state index is 0.302. The van der Waals surface area contributed by atoms with Gasteiger partial charge >= 0.3 is 0 Å². The molecule has 0 unspecified atom stereocenters. The Morgan fingerprint density at radius 2 is 2.00 bits per heavy atom. The van der Waals surface area contributed by atoms with Gasteiger partial charge in [-0.1, -0.05) is 37.3 Å². The molecule has 2 heteroatoms. The van der Waals surface area contributed by atoms with Crippen molar-refractivity contribution < 1.29 is 0 Å². The molecule has 0 bridgehead atoms. The van der Waals surface area contributed by atoms with E-state index >= 15 is 0 Å². The van der Waals surface area contributed by atoms with E-state index in [4.69, 9.17) is 5.73 Å². The Morgan fingerprint density at radius 1 is 1.33 bits per heavy atom. The predicted molar refractivity (Wildman–Crippen MR) is 51.9 cm³/mol. The summed E-state index contributed by atoms with van der Waals surface area (Å²) in [5, 5.41) is 3.32. The fourth-order valence-corrected chi connectivity index (χ4v) is 1.27. The van der Waals surface area contributed by atoms with Crippen LogP contribution in [0, 0.1) is 0 Å². The summed E-state index contributed by atoms with van der Waals surface area (Å²) >= 11 is 0. The van der Waals surface area contributed by atoms with Crippen molar-refractivity contribution in [2.75, 3.05) is 13.1 Å². The van der Waals surface area contributed by atoms with Crippen LogP contribution in [0.15, 0.2) is 30.3 Å². The molecule has 66 valence electrons. The maximum atomic E-state index is 5.63. The monoisotopic (exact) mass is 164 g/mol. The summed E-state index contributed by atoms with van der Waals surface area (Å²) in [5.41, 5.74) is 6.89. The lowest BCUT2D eigenvalue weighted by atomic mass is 10.1. The van der Waals surface area contributed by atoms with Gasteiger partial charge in [-0.15, -0.1) is 0 Å². The number of likely N-dealkylation sites (N-methyl/N-ethyl adjacent to an activating group) is 1. The van der Waals surface area contributed by atoms with Gasteiger partial charge in [0.05, 0.1) is 0 Å². The van der Waals surface area contributed by atoms with Crippen LogP contribution in [0.2, 0.25) is 0 Å². The van der Waals surface area contributed by atoms with Crippen molar-refractivity contribution in [2.45, 2.75) is 13.0 Å². The van der Waals surface area contributed by atoms with Gasteiger partial charge in [0.2, 0.25) is 0 Å². The standard InChI is InChI=1S/C10H16N2/c1-2-12-10(8-11)9-6-4-3-5-7-9/h3-7,10,12H,2,8,11H2,1H3/t10-/m1/s1. The Labute approximate surface area is 73.8 Å². The number of hydrogen-bond donors (Lipinski definition) is 2. The first-order chi connectivity index (χ1) is 5.88. The van der Waals surface area contributed by atoms with E-state index in [9.17, 15) is 0 Å². The Hall–Kier alpha value is -0.860. The zero-order valence-electron chi connectivity index (χ0n) is 7.46. The summed E-state index contributed by atoms with van der Waals surface area (Å²) in [6.45, 7) is 3.69. The van der Waals surface area contributed by atoms with Crippen molar-refractivity contribution in [2.24, 2.45) is 5.73 Å². The molecule has 0 amide bonds. The van der Waals surface area contributed by atoms with Crippen molar-refractivity contribution in [3.8, 4) is 0 Å². The largest absolute Gasteiger partial charge is 0.329 e. The topological polar surface area (TPSA) is 38.0 Å². The van der Waals surface area contributed by atoms with E-state index in [1.165, 1.54) is 5.56 Å². The average molecular weight is 164 g/mol. The summed E-state index contributed by atoms with van der Waals surface area (Å²) in [4.78, 5) is 0. The lowest BCUT2D eigenvalue weighted by Crippen LogP contribution is -2.27. The van der Waals surface area contributed by atoms with Crippen LogP contribution in [0.5, 0.6) is 0 Å². The van der Waals surface area contributed by atoms with E-state index in [1.54, 1.807) is 0 Å². The predicted octanol–water partition coefficient (Wildman–Crippen LogP) is 1.30. The number of nitrogens with one attached hydrogen (secondary N) is 1. The zero-order valence-corrected chi connectivity index (χ0v) is 7.46. The van der Waals surface area contributed by atoms with Crippen molar-refractivity contribution in [3.63, 3.8) is 0 Å². The van der Waals surface area contributed by atoms with E-state index in [0.717, 1.165) is 6.54 Å². The maximum absolute atomic E-state index is 5.63. The molecule has 0 aliphatic rings. The molecule has 0 heterocycles. The van der Waals surface area contributed by atoms with Crippen LogP contribution < -0.4 is 11.1 Å². The second-order valence-electron chi connectivity index (χ2n) is 2.76. The molecule has 0 saturated carbocycles. The highest BCUT2D eigenvalue weighted by atomic mass is 14.9. The Bertz CT molecular complexity index is 208. The molecule has 12 heavy (non-hydrogen) atoms. The van der Waals surface area contributed by atoms with Gasteiger partial charge in [-0.05, 0) is 12.1 Å². The highest BCUT2D eigenvalue weighted by Crippen LogP contribution is 2.09. The van der Waals surface area contributed by atoms with Crippen molar-refractivity contribution in [1.82, 2.24) is 5.32 Å². The quantitative estimate of drug-likeness (QED) is 0.704. The van der Waals surface area contributed by atoms with Gasteiger partial charge in [-0.3, -0.25) is 0 Å². The van der Waals surface area contributed by atoms with Crippen molar-refractivity contribution in [3.05, 3.63) is 35.9 Å². The highest BCUT2D eigenvalue weighted by Gasteiger charge is 2.05. The van der Waals surface area contributed by atoms with Gasteiger partial charge in [-0.2, -0.15) is 0 Å². The van der Waals surface area contributed by atoms with Crippen LogP contribution >= 0.6 is 0 Å². The van der Waals surface area contributed by atoms with Crippen LogP contribution in [-0.2, 0) is 0 Å². The lowest BCUT2D eigenvalue weighted by molar-refractivity contribution is 0.562. The third kappa shape index (κ3) is 2.32. The average Bonchev–Trinajstić information content (AvgIpc) is 2.15. The Kier molecular flexibility index (Phi) is 3.77. The van der Waals surface area contributed by atoms with E-state index < -0.39 is 0 Å². The molecule has 0 aromatic heterocycles. The van der Waals surface area contributed by atoms with E-state index in [0.29, 0.717) is 12.6 Å². The summed E-state index contributed by atoms with van der Waals surface area (Å²) in [7, 11) is 0. The van der Waals surface area contributed by atoms with Crippen LogP contribution in [0.3, 0.4) is 0 Å². The third-order valence-corrected chi connectivity index (χ3v) is 1.89. The first-order valence-electron chi connectivity index (χ1n) is 4.37. The fraction of sp³-hybridized carbons (Fsp3) is 0.400. The molecule has 1 atom stereocenters. The van der Waals surface area contributed by atoms with Gasteiger partial charge in [0, 0.05) is 12.6 Å². The summed E-state index contributed by atoms with van der Waals surface area (Å²) < 4.78 is 0. The molecule has 1 aromatic rings. The fourth-order valence-electron chi connectivity index (χ4n) is 1.27. The molecule has 0 saturated heterocycles. The molecule has 3 N–H and O–H groups in total. The summed E-state index contributed by atoms with van der Waals surface area (Å²) in [5.74, 6) is 0. The summed E-state index contributed by atoms with van der Waals surface area (Å²) in [6, 6.07) is 10.6. The van der Waals surface area contributed by atoms with Gasteiger partial charge < -0.3 is 11.1 Å². The number of nitrogens with two attached hydrogens (primary N) is 1. The van der Waals surface area contributed by atoms with E-state index in [2.05, 4.69) is 24.4 Å². The number of hydrogen-bond acceptors (Lipinski definition) is 2. The lowest BCUT2D eigenvalue weighted by Gasteiger charge is -2.15. The first-order valence-corrected chi connectivity index (χ1v) is 4.37. The third-order valence-electron chi connectivity index (χ3n) is 1.89. The maximum Gasteiger partial charge on any atom is 0.0444 e. The van der Waals surface area contributed by atoms with Crippen molar-refractivity contribution in [1.29, 1.82) is 0 Å². The minimum absolute atomic E-state index is 0.302. The van der Waals surface area contributed by atoms with Gasteiger partial charge in [0.1, 0.15) is 0 Å². The van der Waals surface area contributed by atoms with Gasteiger partial charge in [-0.25, -0.2) is 0 Å². The van der Waals surface area contributed by atoms with Crippen LogP contribution in [-0.4, -0.2) is 13.1 Å². The number of benzene rings is 1. The van der Waals surface area contributed by atoms with Crippen LogP contribution in [0.1, 0.15) is 18.5 Å². The second kappa shape index (κ2) is 4.91. The van der Waals surface area contributed by atoms with Gasteiger partial charge in [0.25, 0.3) is 0 Å². The molecule has 0 radical (unpaired) electrons. The van der Waals surface area contributed by atoms with E-state index in [1.807, 2.05) is 18.2 Å². The normalized spacial score (nSPS) is 12.8. The molecule has 0 aliphatic heterocycles. The SMILES string of the molecule is CCN[C@H](CN)c1ccccc1. The van der Waals surface area contributed by atoms with Gasteiger partial charge in [0.15, 0.2) is 0 Å². The minimum Gasteiger partial charge on any atom is -0.329 e. The molecule has 0 aliphatic carbocycles. The second-order valence-corrected chi connectivity index (χ2v) is 2.76. The first kappa shape index (κ1) is 9.23.